The smallest absolute Gasteiger partial charge is 0.338 e. The number of nitrogens with one attached hydrogen (secondary N) is 1. The number of ketones is 1. The van der Waals surface area contributed by atoms with Gasteiger partial charge in [-0.15, -0.1) is 0 Å². The highest BCUT2D eigenvalue weighted by Gasteiger charge is 2.24. The normalized spacial score (nSPS) is 13.4. The minimum atomic E-state index is -0.721. The van der Waals surface area contributed by atoms with Crippen molar-refractivity contribution in [3.05, 3.63) is 59.4 Å². The number of hydrogen-bond acceptors (Lipinski definition) is 6. The largest absolute Gasteiger partial charge is 0.452 e. The first-order chi connectivity index (χ1) is 15.2. The van der Waals surface area contributed by atoms with Gasteiger partial charge < -0.3 is 25.6 Å². The van der Waals surface area contributed by atoms with E-state index in [0.717, 1.165) is 0 Å². The maximum absolute atomic E-state index is 14.3. The van der Waals surface area contributed by atoms with E-state index < -0.39 is 24.4 Å². The molecule has 1 heterocycles. The molecule has 3 N–H and O–H groups in total. The zero-order valence-electron chi connectivity index (χ0n) is 17.5. The fourth-order valence-corrected chi connectivity index (χ4v) is 3.31. The summed E-state index contributed by atoms with van der Waals surface area (Å²) in [5, 5.41) is 2.37. The Labute approximate surface area is 183 Å². The monoisotopic (exact) mass is 442 g/mol. The third-order valence-corrected chi connectivity index (χ3v) is 5.04. The van der Waals surface area contributed by atoms with Gasteiger partial charge in [0.2, 0.25) is 0 Å². The number of carbonyl (C=O) groups is 4. The number of Topliss-reactive ketones (excluding diaryl/α,β-unsaturated/α-hetero) is 1. The first kappa shape index (κ1) is 22.7. The molecule has 0 spiro atoms. The van der Waals surface area contributed by atoms with Crippen LogP contribution >= 0.6 is 0 Å². The summed E-state index contributed by atoms with van der Waals surface area (Å²) in [5.74, 6) is -1.71. The highest BCUT2D eigenvalue weighted by Crippen LogP contribution is 2.22. The number of benzene rings is 2. The van der Waals surface area contributed by atoms with Crippen molar-refractivity contribution in [2.24, 2.45) is 5.73 Å². The van der Waals surface area contributed by atoms with E-state index in [1.54, 1.807) is 21.9 Å². The molecule has 2 aromatic rings. The molecule has 32 heavy (non-hydrogen) atoms. The van der Waals surface area contributed by atoms with Crippen LogP contribution in [0.25, 0.3) is 0 Å². The lowest BCUT2D eigenvalue weighted by Crippen LogP contribution is -2.50. The van der Waals surface area contributed by atoms with Gasteiger partial charge in [0.1, 0.15) is 5.82 Å². The third kappa shape index (κ3) is 5.60. The van der Waals surface area contributed by atoms with E-state index in [0.29, 0.717) is 43.1 Å². The highest BCUT2D eigenvalue weighted by atomic mass is 19.1. The molecule has 0 atom stereocenters. The van der Waals surface area contributed by atoms with E-state index in [2.05, 4.69) is 5.32 Å². The van der Waals surface area contributed by atoms with E-state index in [1.165, 1.54) is 37.3 Å². The second-order valence-corrected chi connectivity index (χ2v) is 7.23. The van der Waals surface area contributed by atoms with Gasteiger partial charge in [-0.2, -0.15) is 0 Å². The van der Waals surface area contributed by atoms with Crippen LogP contribution in [0.15, 0.2) is 42.5 Å². The van der Waals surface area contributed by atoms with Gasteiger partial charge in [0.25, 0.3) is 5.91 Å². The lowest BCUT2D eigenvalue weighted by molar-refractivity contribution is -0.134. The fourth-order valence-electron chi connectivity index (χ4n) is 3.31. The van der Waals surface area contributed by atoms with Crippen molar-refractivity contribution >= 4 is 35.1 Å². The Kier molecular flexibility index (Phi) is 7.04. The van der Waals surface area contributed by atoms with Crippen molar-refractivity contribution in [1.29, 1.82) is 0 Å². The summed E-state index contributed by atoms with van der Waals surface area (Å²) >= 11 is 0. The number of nitrogens with zero attached hydrogens (tertiary/aromatic N) is 2. The molecule has 0 unspecified atom stereocenters. The van der Waals surface area contributed by atoms with Crippen LogP contribution in [0.3, 0.4) is 0 Å². The van der Waals surface area contributed by atoms with Crippen LogP contribution < -0.4 is 16.0 Å². The van der Waals surface area contributed by atoms with Crippen molar-refractivity contribution in [2.45, 2.75) is 6.92 Å². The van der Waals surface area contributed by atoms with Crippen LogP contribution in [-0.2, 0) is 9.53 Å². The van der Waals surface area contributed by atoms with Gasteiger partial charge in [-0.3, -0.25) is 9.59 Å². The number of primary amides is 1. The molecular formula is C22H23FN4O5. The van der Waals surface area contributed by atoms with Gasteiger partial charge in [0.05, 0.1) is 11.3 Å². The van der Waals surface area contributed by atoms with Crippen LogP contribution in [0.4, 0.5) is 20.6 Å². The summed E-state index contributed by atoms with van der Waals surface area (Å²) in [4.78, 5) is 50.1. The van der Waals surface area contributed by atoms with E-state index >= 15 is 0 Å². The minimum Gasteiger partial charge on any atom is -0.452 e. The molecule has 0 aliphatic carbocycles. The van der Waals surface area contributed by atoms with E-state index in [9.17, 15) is 23.6 Å². The number of ether oxygens (including phenoxy) is 1. The molecule has 1 fully saturated rings. The van der Waals surface area contributed by atoms with Crippen molar-refractivity contribution in [3.8, 4) is 0 Å². The van der Waals surface area contributed by atoms with Crippen molar-refractivity contribution in [1.82, 2.24) is 4.90 Å². The van der Waals surface area contributed by atoms with Crippen molar-refractivity contribution in [3.63, 3.8) is 0 Å². The van der Waals surface area contributed by atoms with Gasteiger partial charge in [-0.1, -0.05) is 0 Å². The predicted octanol–water partition coefficient (Wildman–Crippen LogP) is 2.02. The van der Waals surface area contributed by atoms with Crippen LogP contribution in [0.2, 0.25) is 0 Å². The third-order valence-electron chi connectivity index (χ3n) is 5.04. The highest BCUT2D eigenvalue weighted by molar-refractivity contribution is 5.94. The Morgan fingerprint density at radius 1 is 1.00 bits per heavy atom. The second kappa shape index (κ2) is 9.90. The second-order valence-electron chi connectivity index (χ2n) is 7.23. The maximum atomic E-state index is 14.3. The molecule has 1 saturated heterocycles. The minimum absolute atomic E-state index is 0.210. The van der Waals surface area contributed by atoms with Crippen molar-refractivity contribution in [2.75, 3.05) is 43.0 Å². The maximum Gasteiger partial charge on any atom is 0.338 e. The van der Waals surface area contributed by atoms with Gasteiger partial charge in [0, 0.05) is 37.4 Å². The number of urea groups is 1. The summed E-state index contributed by atoms with van der Waals surface area (Å²) in [6, 6.07) is 9.51. The molecule has 0 radical (unpaired) electrons. The number of carbonyl (C=O) groups excluding carboxylic acids is 4. The Morgan fingerprint density at radius 2 is 1.62 bits per heavy atom. The van der Waals surface area contributed by atoms with E-state index in [-0.39, 0.29) is 17.3 Å². The standard InChI is InChI=1S/C22H23FN4O5/c1-14(28)16-4-7-19(18(23)12-16)26-8-10-27(11-9-26)20(29)13-32-21(30)15-2-5-17(6-3-15)25-22(24)31/h2-7,12H,8-11,13H2,1H3,(H3,24,25,31). The Morgan fingerprint density at radius 3 is 2.19 bits per heavy atom. The molecule has 10 heteroatoms. The number of rotatable bonds is 6. The fraction of sp³-hybridized carbons (Fsp3) is 0.273. The Bertz CT molecular complexity index is 1030. The molecule has 1 aliphatic rings. The van der Waals surface area contributed by atoms with Gasteiger partial charge in [-0.25, -0.2) is 14.0 Å². The first-order valence-electron chi connectivity index (χ1n) is 9.91. The molecule has 2 aromatic carbocycles. The number of hydrogen-bond donors (Lipinski definition) is 2. The summed E-state index contributed by atoms with van der Waals surface area (Å²) < 4.78 is 19.4. The number of esters is 1. The summed E-state index contributed by atoms with van der Waals surface area (Å²) in [6.07, 6.45) is 0. The lowest BCUT2D eigenvalue weighted by Gasteiger charge is -2.36. The molecule has 3 amide bonds. The Balaban J connectivity index is 1.49. The summed E-state index contributed by atoms with van der Waals surface area (Å²) in [7, 11) is 0. The van der Waals surface area contributed by atoms with Gasteiger partial charge in [-0.05, 0) is 49.4 Å². The number of nitrogens with two attached hydrogens (primary N) is 1. The number of amides is 3. The molecule has 168 valence electrons. The predicted molar refractivity (Wildman–Crippen MR) is 115 cm³/mol. The number of piperazine rings is 1. The quantitative estimate of drug-likeness (QED) is 0.521. The van der Waals surface area contributed by atoms with E-state index in [4.69, 9.17) is 10.5 Å². The molecule has 9 nitrogen and oxygen atoms in total. The van der Waals surface area contributed by atoms with Gasteiger partial charge >= 0.3 is 12.0 Å². The summed E-state index contributed by atoms with van der Waals surface area (Å²) in [6.45, 7) is 2.47. The number of halogens is 1. The molecular weight excluding hydrogens is 419 g/mol. The lowest BCUT2D eigenvalue weighted by atomic mass is 10.1. The SMILES string of the molecule is CC(=O)c1ccc(N2CCN(C(=O)COC(=O)c3ccc(NC(N)=O)cc3)CC2)c(F)c1. The molecule has 1 aliphatic heterocycles. The van der Waals surface area contributed by atoms with Crippen LogP contribution in [-0.4, -0.2) is 61.4 Å². The zero-order chi connectivity index (χ0) is 23.3. The zero-order valence-corrected chi connectivity index (χ0v) is 17.5. The molecule has 3 rings (SSSR count). The topological polar surface area (TPSA) is 122 Å². The van der Waals surface area contributed by atoms with Crippen LogP contribution in [0.5, 0.6) is 0 Å². The van der Waals surface area contributed by atoms with Crippen LogP contribution in [0.1, 0.15) is 27.6 Å². The average Bonchev–Trinajstić information content (AvgIpc) is 2.77. The molecule has 0 saturated carbocycles. The number of anilines is 2. The molecule has 0 bridgehead atoms. The average molecular weight is 442 g/mol. The van der Waals surface area contributed by atoms with Gasteiger partial charge in [0.15, 0.2) is 12.4 Å². The van der Waals surface area contributed by atoms with Crippen molar-refractivity contribution < 1.29 is 28.3 Å². The first-order valence-corrected chi connectivity index (χ1v) is 9.91. The Hall–Kier alpha value is -3.95. The summed E-state index contributed by atoms with van der Waals surface area (Å²) in [5.41, 5.74) is 6.36. The van der Waals surface area contributed by atoms with Crippen LogP contribution in [0, 0.1) is 5.82 Å². The van der Waals surface area contributed by atoms with E-state index in [1.807, 2.05) is 0 Å². The molecule has 0 aromatic heterocycles.